The van der Waals surface area contributed by atoms with Crippen molar-refractivity contribution in [2.75, 3.05) is 26.8 Å². The molecule has 1 rings (SSSR count). The third kappa shape index (κ3) is 3.77. The zero-order chi connectivity index (χ0) is 13.6. The molecule has 0 atom stereocenters. The second kappa shape index (κ2) is 6.83. The monoisotopic (exact) mass is 276 g/mol. The van der Waals surface area contributed by atoms with Crippen LogP contribution in [0.25, 0.3) is 0 Å². The molecule has 0 aliphatic carbocycles. The van der Waals surface area contributed by atoms with Gasteiger partial charge >= 0.3 is 0 Å². The van der Waals surface area contributed by atoms with Gasteiger partial charge in [0.25, 0.3) is 10.0 Å². The molecule has 0 bridgehead atoms. The number of ether oxygens (including phenoxy) is 1. The van der Waals surface area contributed by atoms with E-state index < -0.39 is 10.0 Å². The summed E-state index contributed by atoms with van der Waals surface area (Å²) in [6.07, 6.45) is 0. The Bertz CT molecular complexity index is 469. The Hall–Kier alpha value is -0.960. The molecule has 0 aliphatic heterocycles. The van der Waals surface area contributed by atoms with Crippen LogP contribution in [0.15, 0.2) is 5.03 Å². The Labute approximate surface area is 107 Å². The quantitative estimate of drug-likeness (QED) is 0.569. The Morgan fingerprint density at radius 1 is 1.44 bits per heavy atom. The summed E-state index contributed by atoms with van der Waals surface area (Å²) < 4.78 is 31.6. The first-order valence-electron chi connectivity index (χ1n) is 5.78. The lowest BCUT2D eigenvalue weighted by Gasteiger charge is -2.06. The SMILES string of the molecule is CCOCCNS(=O)(=O)c1n[nH]c(C)c1CNC. The van der Waals surface area contributed by atoms with E-state index in [9.17, 15) is 8.42 Å². The number of nitrogens with zero attached hydrogens (tertiary/aromatic N) is 1. The van der Waals surface area contributed by atoms with E-state index in [0.29, 0.717) is 25.3 Å². The third-order valence-electron chi connectivity index (χ3n) is 2.39. The van der Waals surface area contributed by atoms with Crippen molar-refractivity contribution in [3.05, 3.63) is 11.3 Å². The van der Waals surface area contributed by atoms with E-state index in [-0.39, 0.29) is 11.6 Å². The van der Waals surface area contributed by atoms with Gasteiger partial charge in [0.1, 0.15) is 0 Å². The Kier molecular flexibility index (Phi) is 5.73. The van der Waals surface area contributed by atoms with Crippen molar-refractivity contribution < 1.29 is 13.2 Å². The average Bonchev–Trinajstić information content (AvgIpc) is 2.68. The molecular formula is C10H20N4O3S. The molecule has 0 spiro atoms. The van der Waals surface area contributed by atoms with Crippen LogP contribution in [-0.4, -0.2) is 45.4 Å². The van der Waals surface area contributed by atoms with Crippen molar-refractivity contribution >= 4 is 10.0 Å². The van der Waals surface area contributed by atoms with Crippen LogP contribution in [0.3, 0.4) is 0 Å². The molecule has 1 aromatic rings. The van der Waals surface area contributed by atoms with E-state index in [0.717, 1.165) is 5.69 Å². The van der Waals surface area contributed by atoms with Gasteiger partial charge in [0, 0.05) is 31.0 Å². The van der Waals surface area contributed by atoms with E-state index in [1.807, 2.05) is 6.92 Å². The van der Waals surface area contributed by atoms with Gasteiger partial charge in [0.2, 0.25) is 0 Å². The van der Waals surface area contributed by atoms with Gasteiger partial charge in [-0.1, -0.05) is 0 Å². The van der Waals surface area contributed by atoms with Crippen LogP contribution in [0.1, 0.15) is 18.2 Å². The van der Waals surface area contributed by atoms with Gasteiger partial charge in [-0.3, -0.25) is 5.10 Å². The van der Waals surface area contributed by atoms with Crippen molar-refractivity contribution in [1.82, 2.24) is 20.2 Å². The molecule has 0 unspecified atom stereocenters. The standard InChI is InChI=1S/C10H20N4O3S/c1-4-17-6-5-12-18(15,16)10-9(7-11-3)8(2)13-14-10/h11-12H,4-7H2,1-3H3,(H,13,14). The van der Waals surface area contributed by atoms with Gasteiger partial charge in [-0.25, -0.2) is 13.1 Å². The Morgan fingerprint density at radius 2 is 2.17 bits per heavy atom. The smallest absolute Gasteiger partial charge is 0.260 e. The molecule has 0 saturated heterocycles. The summed E-state index contributed by atoms with van der Waals surface area (Å²) in [5.74, 6) is 0. The molecule has 8 heteroatoms. The van der Waals surface area contributed by atoms with Crippen molar-refractivity contribution in [2.24, 2.45) is 0 Å². The Balaban J connectivity index is 2.78. The lowest BCUT2D eigenvalue weighted by atomic mass is 10.3. The van der Waals surface area contributed by atoms with Gasteiger partial charge in [-0.05, 0) is 20.9 Å². The Morgan fingerprint density at radius 3 is 2.78 bits per heavy atom. The van der Waals surface area contributed by atoms with E-state index in [2.05, 4.69) is 20.2 Å². The van der Waals surface area contributed by atoms with Gasteiger partial charge < -0.3 is 10.1 Å². The number of hydrogen-bond acceptors (Lipinski definition) is 5. The summed E-state index contributed by atoms with van der Waals surface area (Å²) in [6.45, 7) is 5.25. The van der Waals surface area contributed by atoms with Crippen LogP contribution < -0.4 is 10.0 Å². The number of nitrogens with one attached hydrogen (secondary N) is 3. The highest BCUT2D eigenvalue weighted by Crippen LogP contribution is 2.15. The minimum Gasteiger partial charge on any atom is -0.380 e. The fourth-order valence-electron chi connectivity index (χ4n) is 1.50. The number of hydrogen-bond donors (Lipinski definition) is 3. The largest absolute Gasteiger partial charge is 0.380 e. The van der Waals surface area contributed by atoms with E-state index in [1.165, 1.54) is 0 Å². The highest BCUT2D eigenvalue weighted by molar-refractivity contribution is 7.89. The summed E-state index contributed by atoms with van der Waals surface area (Å²) in [6, 6.07) is 0. The van der Waals surface area contributed by atoms with Gasteiger partial charge in [-0.2, -0.15) is 5.10 Å². The minimum absolute atomic E-state index is 0.0471. The number of aromatic nitrogens is 2. The van der Waals surface area contributed by atoms with Crippen LogP contribution in [0.2, 0.25) is 0 Å². The van der Waals surface area contributed by atoms with Crippen LogP contribution in [-0.2, 0) is 21.3 Å². The van der Waals surface area contributed by atoms with Crippen LogP contribution >= 0.6 is 0 Å². The minimum atomic E-state index is -3.59. The molecule has 0 aliphatic rings. The summed E-state index contributed by atoms with van der Waals surface area (Å²) in [7, 11) is -1.83. The molecule has 0 radical (unpaired) electrons. The first kappa shape index (κ1) is 15.1. The molecule has 1 aromatic heterocycles. The van der Waals surface area contributed by atoms with E-state index in [4.69, 9.17) is 4.74 Å². The predicted octanol–water partition coefficient (Wildman–Crippen LogP) is -0.248. The van der Waals surface area contributed by atoms with Crippen molar-refractivity contribution in [3.63, 3.8) is 0 Å². The number of sulfonamides is 1. The van der Waals surface area contributed by atoms with E-state index >= 15 is 0 Å². The third-order valence-corrected chi connectivity index (χ3v) is 3.82. The van der Waals surface area contributed by atoms with Crippen LogP contribution in [0.4, 0.5) is 0 Å². The molecular weight excluding hydrogens is 256 g/mol. The van der Waals surface area contributed by atoms with E-state index in [1.54, 1.807) is 14.0 Å². The van der Waals surface area contributed by atoms with Crippen molar-refractivity contribution in [2.45, 2.75) is 25.4 Å². The number of aryl methyl sites for hydroxylation is 1. The lowest BCUT2D eigenvalue weighted by Crippen LogP contribution is -2.29. The number of H-pyrrole nitrogens is 1. The second-order valence-electron chi connectivity index (χ2n) is 3.76. The number of rotatable bonds is 8. The molecule has 18 heavy (non-hydrogen) atoms. The summed E-state index contributed by atoms with van der Waals surface area (Å²) in [4.78, 5) is 0. The number of aromatic amines is 1. The molecule has 0 fully saturated rings. The summed E-state index contributed by atoms with van der Waals surface area (Å²) in [5.41, 5.74) is 1.40. The molecule has 0 amide bonds. The highest BCUT2D eigenvalue weighted by Gasteiger charge is 2.22. The van der Waals surface area contributed by atoms with Gasteiger partial charge in [-0.15, -0.1) is 0 Å². The maximum atomic E-state index is 12.0. The first-order chi connectivity index (χ1) is 8.53. The highest BCUT2D eigenvalue weighted by atomic mass is 32.2. The maximum absolute atomic E-state index is 12.0. The predicted molar refractivity (Wildman–Crippen MR) is 67.8 cm³/mol. The zero-order valence-corrected chi connectivity index (χ0v) is 11.7. The van der Waals surface area contributed by atoms with Crippen molar-refractivity contribution in [3.8, 4) is 0 Å². The second-order valence-corrected chi connectivity index (χ2v) is 5.44. The van der Waals surface area contributed by atoms with Crippen molar-refractivity contribution in [1.29, 1.82) is 0 Å². The summed E-state index contributed by atoms with van der Waals surface area (Å²) >= 11 is 0. The van der Waals surface area contributed by atoms with Gasteiger partial charge in [0.15, 0.2) is 5.03 Å². The topological polar surface area (TPSA) is 96.1 Å². The molecule has 104 valence electrons. The van der Waals surface area contributed by atoms with Crippen LogP contribution in [0.5, 0.6) is 0 Å². The molecule has 7 nitrogen and oxygen atoms in total. The molecule has 0 aromatic carbocycles. The van der Waals surface area contributed by atoms with Gasteiger partial charge in [0.05, 0.1) is 6.61 Å². The fraction of sp³-hybridized carbons (Fsp3) is 0.700. The molecule has 1 heterocycles. The molecule has 0 saturated carbocycles. The molecule has 3 N–H and O–H groups in total. The maximum Gasteiger partial charge on any atom is 0.260 e. The zero-order valence-electron chi connectivity index (χ0n) is 10.9. The lowest BCUT2D eigenvalue weighted by molar-refractivity contribution is 0.153. The summed E-state index contributed by atoms with van der Waals surface area (Å²) in [5, 5.41) is 9.51. The average molecular weight is 276 g/mol. The fourth-order valence-corrected chi connectivity index (χ4v) is 2.70. The first-order valence-corrected chi connectivity index (χ1v) is 7.27. The normalized spacial score (nSPS) is 11.9. The van der Waals surface area contributed by atoms with Crippen LogP contribution in [0, 0.1) is 6.92 Å².